The summed E-state index contributed by atoms with van der Waals surface area (Å²) in [7, 11) is 1.91. The predicted molar refractivity (Wildman–Crippen MR) is 75.4 cm³/mol. The van der Waals surface area contributed by atoms with E-state index < -0.39 is 0 Å². The van der Waals surface area contributed by atoms with Gasteiger partial charge in [0, 0.05) is 30.9 Å². The number of aromatic nitrogens is 2. The molecule has 1 aromatic rings. The summed E-state index contributed by atoms with van der Waals surface area (Å²) in [6.07, 6.45) is 2.28. The number of nitrogens with zero attached hydrogens (tertiary/aromatic N) is 2. The van der Waals surface area contributed by atoms with Crippen molar-refractivity contribution in [1.29, 1.82) is 0 Å². The summed E-state index contributed by atoms with van der Waals surface area (Å²) in [6, 6.07) is 0. The maximum atomic E-state index is 5.61. The number of nitrogens with one attached hydrogen (secondary N) is 1. The molecule has 2 heterocycles. The van der Waals surface area contributed by atoms with Crippen LogP contribution >= 0.6 is 11.8 Å². The molecule has 0 aliphatic carbocycles. The molecule has 4 nitrogen and oxygen atoms in total. The minimum absolute atomic E-state index is 0.312. The molecule has 0 amide bonds. The Morgan fingerprint density at radius 2 is 2.22 bits per heavy atom. The zero-order chi connectivity index (χ0) is 13.1. The monoisotopic (exact) mass is 267 g/mol. The van der Waals surface area contributed by atoms with Crippen LogP contribution in [0.25, 0.3) is 0 Å². The van der Waals surface area contributed by atoms with Crippen LogP contribution in [0.15, 0.2) is 5.03 Å². The highest BCUT2D eigenvalue weighted by atomic mass is 32.2. The summed E-state index contributed by atoms with van der Waals surface area (Å²) < 4.78 is 5.61. The van der Waals surface area contributed by atoms with Crippen LogP contribution in [0.4, 0.5) is 5.82 Å². The quantitative estimate of drug-likeness (QED) is 0.850. The van der Waals surface area contributed by atoms with Crippen molar-refractivity contribution in [3.05, 3.63) is 11.4 Å². The van der Waals surface area contributed by atoms with E-state index in [1.165, 1.54) is 0 Å². The number of hydrogen-bond donors (Lipinski definition) is 1. The van der Waals surface area contributed by atoms with Crippen molar-refractivity contribution in [3.63, 3.8) is 0 Å². The molecule has 0 aromatic carbocycles. The lowest BCUT2D eigenvalue weighted by molar-refractivity contribution is 0.127. The summed E-state index contributed by atoms with van der Waals surface area (Å²) in [6.45, 7) is 7.16. The first kappa shape index (κ1) is 13.6. The van der Waals surface area contributed by atoms with Gasteiger partial charge in [-0.15, -0.1) is 0 Å². The zero-order valence-corrected chi connectivity index (χ0v) is 12.3. The van der Waals surface area contributed by atoms with E-state index in [2.05, 4.69) is 36.1 Å². The molecule has 0 spiro atoms. The molecule has 100 valence electrons. The van der Waals surface area contributed by atoms with Crippen molar-refractivity contribution in [2.24, 2.45) is 0 Å². The summed E-state index contributed by atoms with van der Waals surface area (Å²) in [4.78, 5) is 9.15. The highest BCUT2D eigenvalue weighted by Gasteiger charge is 2.26. The van der Waals surface area contributed by atoms with Gasteiger partial charge in [0.2, 0.25) is 0 Å². The van der Waals surface area contributed by atoms with E-state index in [1.54, 1.807) is 0 Å². The molecule has 1 saturated heterocycles. The van der Waals surface area contributed by atoms with Gasteiger partial charge >= 0.3 is 0 Å². The fraction of sp³-hybridized carbons (Fsp3) is 0.692. The number of hydrogen-bond acceptors (Lipinski definition) is 5. The number of thioether (sulfide) groups is 1. The predicted octanol–water partition coefficient (Wildman–Crippen LogP) is 2.66. The van der Waals surface area contributed by atoms with Crippen molar-refractivity contribution < 1.29 is 4.74 Å². The third-order valence-electron chi connectivity index (χ3n) is 3.27. The van der Waals surface area contributed by atoms with Crippen molar-refractivity contribution in [2.45, 2.75) is 50.0 Å². The van der Waals surface area contributed by atoms with E-state index in [9.17, 15) is 0 Å². The van der Waals surface area contributed by atoms with Gasteiger partial charge in [-0.2, -0.15) is 0 Å². The van der Waals surface area contributed by atoms with Crippen LogP contribution in [0.5, 0.6) is 0 Å². The first-order chi connectivity index (χ1) is 8.65. The Labute approximate surface area is 113 Å². The van der Waals surface area contributed by atoms with E-state index in [0.717, 1.165) is 41.7 Å². The van der Waals surface area contributed by atoms with Crippen LogP contribution in [-0.4, -0.2) is 35.0 Å². The zero-order valence-electron chi connectivity index (χ0n) is 11.5. The van der Waals surface area contributed by atoms with E-state index in [0.29, 0.717) is 11.4 Å². The SMILES string of the molecule is CCc1nc(NC)c(C)c(SC2CCOC2C)n1. The van der Waals surface area contributed by atoms with E-state index in [4.69, 9.17) is 4.74 Å². The topological polar surface area (TPSA) is 47.0 Å². The van der Waals surface area contributed by atoms with Crippen molar-refractivity contribution >= 4 is 17.6 Å². The molecule has 0 saturated carbocycles. The number of aryl methyl sites for hydroxylation is 1. The molecule has 2 atom stereocenters. The smallest absolute Gasteiger partial charge is 0.133 e. The minimum atomic E-state index is 0.312. The van der Waals surface area contributed by atoms with Gasteiger partial charge in [0.1, 0.15) is 16.7 Å². The van der Waals surface area contributed by atoms with Crippen LogP contribution in [0, 0.1) is 6.92 Å². The summed E-state index contributed by atoms with van der Waals surface area (Å²) >= 11 is 1.83. The van der Waals surface area contributed by atoms with Crippen molar-refractivity contribution in [3.8, 4) is 0 Å². The Morgan fingerprint density at radius 3 is 2.78 bits per heavy atom. The van der Waals surface area contributed by atoms with Gasteiger partial charge in [0.05, 0.1) is 6.10 Å². The molecule has 2 rings (SSSR count). The molecular weight excluding hydrogens is 246 g/mol. The van der Waals surface area contributed by atoms with Crippen LogP contribution < -0.4 is 5.32 Å². The molecule has 1 fully saturated rings. The third-order valence-corrected chi connectivity index (χ3v) is 4.81. The Hall–Kier alpha value is -0.810. The second-order valence-electron chi connectivity index (χ2n) is 4.54. The Balaban J connectivity index is 2.25. The van der Waals surface area contributed by atoms with Gasteiger partial charge in [-0.05, 0) is 20.3 Å². The second kappa shape index (κ2) is 5.89. The fourth-order valence-corrected chi connectivity index (χ4v) is 3.27. The summed E-state index contributed by atoms with van der Waals surface area (Å²) in [5, 5.41) is 4.75. The van der Waals surface area contributed by atoms with Crippen molar-refractivity contribution in [2.75, 3.05) is 19.0 Å². The molecule has 5 heteroatoms. The maximum absolute atomic E-state index is 5.61. The Kier molecular flexibility index (Phi) is 4.45. The van der Waals surface area contributed by atoms with Crippen LogP contribution in [0.3, 0.4) is 0 Å². The largest absolute Gasteiger partial charge is 0.377 e. The van der Waals surface area contributed by atoms with E-state index >= 15 is 0 Å². The summed E-state index contributed by atoms with van der Waals surface area (Å²) in [5.41, 5.74) is 1.14. The molecule has 1 aliphatic heterocycles. The number of anilines is 1. The normalized spacial score (nSPS) is 23.3. The molecule has 2 unspecified atom stereocenters. The van der Waals surface area contributed by atoms with Gasteiger partial charge in [-0.3, -0.25) is 0 Å². The van der Waals surface area contributed by atoms with Gasteiger partial charge < -0.3 is 10.1 Å². The lowest BCUT2D eigenvalue weighted by Crippen LogP contribution is -2.14. The summed E-state index contributed by atoms with van der Waals surface area (Å²) in [5.74, 6) is 1.84. The number of ether oxygens (including phenoxy) is 1. The lowest BCUT2D eigenvalue weighted by Gasteiger charge is -2.16. The molecular formula is C13H21N3OS. The second-order valence-corrected chi connectivity index (χ2v) is 5.77. The third kappa shape index (κ3) is 2.78. The molecule has 0 bridgehead atoms. The van der Waals surface area contributed by atoms with Gasteiger partial charge in [0.15, 0.2) is 0 Å². The molecule has 0 radical (unpaired) electrons. The first-order valence-corrected chi connectivity index (χ1v) is 7.37. The highest BCUT2D eigenvalue weighted by Crippen LogP contribution is 2.34. The first-order valence-electron chi connectivity index (χ1n) is 6.49. The van der Waals surface area contributed by atoms with Gasteiger partial charge in [-0.1, -0.05) is 18.7 Å². The molecule has 1 aromatic heterocycles. The van der Waals surface area contributed by atoms with E-state index in [-0.39, 0.29) is 0 Å². The van der Waals surface area contributed by atoms with Crippen molar-refractivity contribution in [1.82, 2.24) is 9.97 Å². The molecule has 1 aliphatic rings. The Morgan fingerprint density at radius 1 is 1.44 bits per heavy atom. The average Bonchev–Trinajstić information content (AvgIpc) is 2.77. The van der Waals surface area contributed by atoms with Crippen LogP contribution in [0.1, 0.15) is 31.7 Å². The number of rotatable bonds is 4. The molecule has 18 heavy (non-hydrogen) atoms. The fourth-order valence-electron chi connectivity index (χ4n) is 2.07. The maximum Gasteiger partial charge on any atom is 0.133 e. The molecule has 1 N–H and O–H groups in total. The van der Waals surface area contributed by atoms with Crippen LogP contribution in [-0.2, 0) is 11.2 Å². The Bertz CT molecular complexity index is 425. The van der Waals surface area contributed by atoms with Gasteiger partial charge in [0.25, 0.3) is 0 Å². The average molecular weight is 267 g/mol. The lowest BCUT2D eigenvalue weighted by atomic mass is 10.3. The minimum Gasteiger partial charge on any atom is -0.377 e. The van der Waals surface area contributed by atoms with E-state index in [1.807, 2.05) is 18.8 Å². The van der Waals surface area contributed by atoms with Crippen LogP contribution in [0.2, 0.25) is 0 Å². The highest BCUT2D eigenvalue weighted by molar-refractivity contribution is 8.00. The van der Waals surface area contributed by atoms with Gasteiger partial charge in [-0.25, -0.2) is 9.97 Å². The standard InChI is InChI=1S/C13H21N3OS/c1-5-11-15-12(14-4)8(2)13(16-11)18-10-6-7-17-9(10)3/h9-10H,5-7H2,1-4H3,(H,14,15,16).